The number of methoxy groups -OCH3 is 1. The number of amides is 2. The molecule has 11 heteroatoms. The Hall–Kier alpha value is -5.03. The summed E-state index contributed by atoms with van der Waals surface area (Å²) in [6.07, 6.45) is 0. The molecule has 230 valence electrons. The second-order valence-electron chi connectivity index (χ2n) is 9.94. The largest absolute Gasteiger partial charge is 0.496 e. The molecular formula is C33H36N4O6S. The van der Waals surface area contributed by atoms with Gasteiger partial charge in [0.15, 0.2) is 0 Å². The molecule has 0 saturated heterocycles. The summed E-state index contributed by atoms with van der Waals surface area (Å²) in [6, 6.07) is 25.8. The van der Waals surface area contributed by atoms with Gasteiger partial charge in [0.1, 0.15) is 16.4 Å². The molecule has 44 heavy (non-hydrogen) atoms. The normalized spacial score (nSPS) is 10.9. The first kappa shape index (κ1) is 31.9. The third kappa shape index (κ3) is 7.87. The summed E-state index contributed by atoms with van der Waals surface area (Å²) in [4.78, 5) is 26.5. The number of anilines is 2. The molecular weight excluding hydrogens is 580 g/mol. The molecule has 10 nitrogen and oxygen atoms in total. The number of carbonyl (C=O) groups is 2. The number of hydrogen-bond acceptors (Lipinski definition) is 7. The van der Waals surface area contributed by atoms with Gasteiger partial charge in [-0.3, -0.25) is 14.3 Å². The first-order chi connectivity index (χ1) is 21.1. The van der Waals surface area contributed by atoms with E-state index >= 15 is 0 Å². The molecule has 0 unspecified atom stereocenters. The van der Waals surface area contributed by atoms with Crippen LogP contribution in [-0.4, -0.2) is 66.0 Å². The molecule has 0 aliphatic carbocycles. The van der Waals surface area contributed by atoms with Crippen molar-refractivity contribution in [2.24, 2.45) is 0 Å². The molecule has 4 aromatic rings. The van der Waals surface area contributed by atoms with E-state index in [9.17, 15) is 18.0 Å². The molecule has 0 aliphatic heterocycles. The number of rotatable bonds is 13. The molecule has 0 fully saturated rings. The van der Waals surface area contributed by atoms with Crippen LogP contribution in [0.5, 0.6) is 11.5 Å². The molecule has 4 aromatic carbocycles. The minimum atomic E-state index is -4.07. The highest BCUT2D eigenvalue weighted by Gasteiger charge is 2.22. The number of ether oxygens (including phenoxy) is 2. The maximum absolute atomic E-state index is 13.6. The predicted octanol–water partition coefficient (Wildman–Crippen LogP) is 5.11. The molecule has 0 atom stereocenters. The van der Waals surface area contributed by atoms with Gasteiger partial charge in [0.2, 0.25) is 0 Å². The van der Waals surface area contributed by atoms with Gasteiger partial charge in [-0.1, -0.05) is 36.4 Å². The van der Waals surface area contributed by atoms with Gasteiger partial charge in [0.25, 0.3) is 21.8 Å². The van der Waals surface area contributed by atoms with E-state index in [4.69, 9.17) is 9.47 Å². The van der Waals surface area contributed by atoms with E-state index in [0.29, 0.717) is 52.5 Å². The lowest BCUT2D eigenvalue weighted by atomic mass is 10.0. The number of nitrogens with one attached hydrogen (secondary N) is 3. The van der Waals surface area contributed by atoms with E-state index in [2.05, 4.69) is 15.4 Å². The second kappa shape index (κ2) is 14.4. The Morgan fingerprint density at radius 1 is 0.795 bits per heavy atom. The fourth-order valence-corrected chi connectivity index (χ4v) is 5.70. The lowest BCUT2D eigenvalue weighted by molar-refractivity contribution is 0.0827. The monoisotopic (exact) mass is 616 g/mol. The summed E-state index contributed by atoms with van der Waals surface area (Å²) >= 11 is 0. The van der Waals surface area contributed by atoms with Crippen molar-refractivity contribution in [1.82, 2.24) is 10.2 Å². The molecule has 0 bridgehead atoms. The Morgan fingerprint density at radius 3 is 2.27 bits per heavy atom. The zero-order valence-electron chi connectivity index (χ0n) is 25.1. The van der Waals surface area contributed by atoms with Gasteiger partial charge in [-0.05, 0) is 72.6 Å². The summed E-state index contributed by atoms with van der Waals surface area (Å²) in [5, 5.41) is 6.04. The maximum Gasteiger partial charge on any atom is 0.265 e. The second-order valence-corrected chi connectivity index (χ2v) is 11.6. The van der Waals surface area contributed by atoms with Crippen LogP contribution < -0.4 is 24.8 Å². The minimum absolute atomic E-state index is 0.0291. The van der Waals surface area contributed by atoms with E-state index in [-0.39, 0.29) is 29.1 Å². The number of nitrogens with zero attached hydrogens (tertiary/aromatic N) is 1. The SMILES string of the molecule is CCOc1ccc(-c2cccc(C(=O)N(C)C)c2)cc1S(=O)(=O)Nc1cccc(NCCNC(=O)c2ccccc2OC)c1. The summed E-state index contributed by atoms with van der Waals surface area (Å²) in [6.45, 7) is 2.80. The highest BCUT2D eigenvalue weighted by atomic mass is 32.2. The van der Waals surface area contributed by atoms with Crippen molar-refractivity contribution in [2.75, 3.05) is 50.9 Å². The van der Waals surface area contributed by atoms with Crippen LogP contribution in [0.4, 0.5) is 11.4 Å². The zero-order chi connectivity index (χ0) is 31.7. The van der Waals surface area contributed by atoms with Gasteiger partial charge in [-0.25, -0.2) is 8.42 Å². The molecule has 3 N–H and O–H groups in total. The average molecular weight is 617 g/mol. The number of hydrogen-bond donors (Lipinski definition) is 3. The van der Waals surface area contributed by atoms with Crippen LogP contribution in [-0.2, 0) is 10.0 Å². The lowest BCUT2D eigenvalue weighted by Gasteiger charge is -2.16. The van der Waals surface area contributed by atoms with Gasteiger partial charge >= 0.3 is 0 Å². The Kier molecular flexibility index (Phi) is 10.5. The van der Waals surface area contributed by atoms with Crippen molar-refractivity contribution in [2.45, 2.75) is 11.8 Å². The standard InChI is InChI=1S/C33H36N4O6S/c1-5-43-30-17-16-24(23-10-8-11-25(20-23)33(39)37(2)3)21-31(30)44(40,41)36-27-13-9-12-26(22-27)34-18-19-35-32(38)28-14-6-7-15-29(28)42-4/h6-17,20-22,34,36H,5,18-19H2,1-4H3,(H,35,38). The van der Waals surface area contributed by atoms with E-state index in [1.807, 2.05) is 6.07 Å². The van der Waals surface area contributed by atoms with Crippen LogP contribution in [0.15, 0.2) is 95.9 Å². The smallest absolute Gasteiger partial charge is 0.265 e. The number of carbonyl (C=O) groups excluding carboxylic acids is 2. The zero-order valence-corrected chi connectivity index (χ0v) is 25.9. The molecule has 0 spiro atoms. The topological polar surface area (TPSA) is 126 Å². The Morgan fingerprint density at radius 2 is 1.52 bits per heavy atom. The Labute approximate surface area is 258 Å². The number of benzene rings is 4. The first-order valence-corrected chi connectivity index (χ1v) is 15.5. The third-order valence-corrected chi connectivity index (χ3v) is 7.99. The van der Waals surface area contributed by atoms with Crippen LogP contribution in [0.3, 0.4) is 0 Å². The van der Waals surface area contributed by atoms with E-state index in [1.165, 1.54) is 12.0 Å². The fourth-order valence-electron chi connectivity index (χ4n) is 4.48. The highest BCUT2D eigenvalue weighted by Crippen LogP contribution is 2.32. The number of sulfonamides is 1. The van der Waals surface area contributed by atoms with Gasteiger partial charge in [0, 0.05) is 38.4 Å². The van der Waals surface area contributed by atoms with Crippen molar-refractivity contribution in [1.29, 1.82) is 0 Å². The summed E-state index contributed by atoms with van der Waals surface area (Å²) in [5.41, 5.74) is 3.26. The van der Waals surface area contributed by atoms with Gasteiger partial charge in [-0.2, -0.15) is 0 Å². The molecule has 0 aliphatic rings. The summed E-state index contributed by atoms with van der Waals surface area (Å²) in [5.74, 6) is 0.293. The van der Waals surface area contributed by atoms with E-state index in [1.54, 1.807) is 106 Å². The van der Waals surface area contributed by atoms with Gasteiger partial charge in [0.05, 0.1) is 25.0 Å². The van der Waals surface area contributed by atoms with Gasteiger partial charge in [-0.15, -0.1) is 0 Å². The molecule has 2 amide bonds. The molecule has 4 rings (SSSR count). The quantitative estimate of drug-likeness (QED) is 0.178. The molecule has 0 aromatic heterocycles. The Balaban J connectivity index is 1.48. The van der Waals surface area contributed by atoms with Crippen molar-refractivity contribution in [3.63, 3.8) is 0 Å². The van der Waals surface area contributed by atoms with Crippen LogP contribution in [0, 0.1) is 0 Å². The van der Waals surface area contributed by atoms with Crippen LogP contribution in [0.25, 0.3) is 11.1 Å². The van der Waals surface area contributed by atoms with Crippen molar-refractivity contribution in [3.05, 3.63) is 102 Å². The fraction of sp³-hybridized carbons (Fsp3) is 0.212. The molecule has 0 radical (unpaired) electrons. The van der Waals surface area contributed by atoms with E-state index < -0.39 is 10.0 Å². The molecule has 0 saturated carbocycles. The third-order valence-electron chi connectivity index (χ3n) is 6.59. The maximum atomic E-state index is 13.6. The molecule has 0 heterocycles. The highest BCUT2D eigenvalue weighted by molar-refractivity contribution is 7.92. The number of para-hydroxylation sites is 1. The van der Waals surface area contributed by atoms with E-state index in [0.717, 1.165) is 0 Å². The average Bonchev–Trinajstić information content (AvgIpc) is 3.02. The van der Waals surface area contributed by atoms with Crippen LogP contribution in [0.2, 0.25) is 0 Å². The van der Waals surface area contributed by atoms with Gasteiger partial charge < -0.3 is 25.0 Å². The lowest BCUT2D eigenvalue weighted by Crippen LogP contribution is -2.29. The van der Waals surface area contributed by atoms with Crippen LogP contribution >= 0.6 is 0 Å². The Bertz CT molecular complexity index is 1740. The van der Waals surface area contributed by atoms with Crippen molar-refractivity contribution in [3.8, 4) is 22.6 Å². The predicted molar refractivity (Wildman–Crippen MR) is 172 cm³/mol. The van der Waals surface area contributed by atoms with Crippen molar-refractivity contribution >= 4 is 33.2 Å². The summed E-state index contributed by atoms with van der Waals surface area (Å²) in [7, 11) is 0.788. The minimum Gasteiger partial charge on any atom is -0.496 e. The summed E-state index contributed by atoms with van der Waals surface area (Å²) < 4.78 is 40.9. The first-order valence-electron chi connectivity index (χ1n) is 14.0. The van der Waals surface area contributed by atoms with Crippen LogP contribution in [0.1, 0.15) is 27.6 Å². The van der Waals surface area contributed by atoms with Crippen molar-refractivity contribution < 1.29 is 27.5 Å².